The molecule has 0 radical (unpaired) electrons. The predicted molar refractivity (Wildman–Crippen MR) is 107 cm³/mol. The third-order valence-electron chi connectivity index (χ3n) is 5.81. The molecular weight excluding hydrogens is 352 g/mol. The summed E-state index contributed by atoms with van der Waals surface area (Å²) >= 11 is 0. The molecule has 1 atom stereocenters. The Hall–Kier alpha value is -2.47. The van der Waals surface area contributed by atoms with Crippen LogP contribution in [0.4, 0.5) is 0 Å². The van der Waals surface area contributed by atoms with Gasteiger partial charge in [0, 0.05) is 57.2 Å². The maximum atomic E-state index is 11.6. The topological polar surface area (TPSA) is 58.6 Å². The van der Waals surface area contributed by atoms with Crippen LogP contribution in [-0.4, -0.2) is 52.4 Å². The van der Waals surface area contributed by atoms with Crippen LogP contribution in [0.1, 0.15) is 48.3 Å². The summed E-state index contributed by atoms with van der Waals surface area (Å²) in [5.41, 5.74) is 3.48. The molecule has 3 heterocycles. The number of nitrogens with zero attached hydrogens (tertiary/aromatic N) is 4. The molecule has 28 heavy (non-hydrogen) atoms. The molecule has 6 nitrogen and oxygen atoms in total. The van der Waals surface area contributed by atoms with Gasteiger partial charge in [0.25, 0.3) is 0 Å². The van der Waals surface area contributed by atoms with Gasteiger partial charge in [0.15, 0.2) is 0 Å². The summed E-state index contributed by atoms with van der Waals surface area (Å²) in [7, 11) is 1.71. The van der Waals surface area contributed by atoms with Crippen molar-refractivity contribution in [1.29, 1.82) is 0 Å². The van der Waals surface area contributed by atoms with E-state index in [1.54, 1.807) is 14.0 Å². The van der Waals surface area contributed by atoms with Gasteiger partial charge >= 0.3 is 0 Å². The highest BCUT2D eigenvalue weighted by molar-refractivity contribution is 5.73. The molecular formula is C22H28N4O2. The lowest BCUT2D eigenvalue weighted by Crippen LogP contribution is -2.36. The Labute approximate surface area is 166 Å². The highest BCUT2D eigenvalue weighted by Crippen LogP contribution is 2.27. The van der Waals surface area contributed by atoms with Crippen LogP contribution in [0.25, 0.3) is 0 Å². The van der Waals surface area contributed by atoms with Crippen LogP contribution in [0.3, 0.4) is 0 Å². The summed E-state index contributed by atoms with van der Waals surface area (Å²) in [5, 5.41) is 0. The van der Waals surface area contributed by atoms with Gasteiger partial charge in [-0.2, -0.15) is 0 Å². The van der Waals surface area contributed by atoms with Crippen LogP contribution in [0, 0.1) is 0 Å². The third kappa shape index (κ3) is 4.17. The van der Waals surface area contributed by atoms with Crippen LogP contribution < -0.4 is 4.74 Å². The highest BCUT2D eigenvalue weighted by atomic mass is 16.5. The zero-order valence-electron chi connectivity index (χ0n) is 16.7. The lowest BCUT2D eigenvalue weighted by molar-refractivity contribution is -0.129. The molecule has 4 rings (SSSR count). The Morgan fingerprint density at radius 1 is 1.32 bits per heavy atom. The number of hydrogen-bond donors (Lipinski definition) is 0. The number of amides is 1. The minimum atomic E-state index is 0.121. The molecule has 0 saturated carbocycles. The molecule has 1 aromatic heterocycles. The zero-order valence-corrected chi connectivity index (χ0v) is 16.7. The summed E-state index contributed by atoms with van der Waals surface area (Å²) in [6.07, 6.45) is 5.05. The zero-order chi connectivity index (χ0) is 19.5. The number of ether oxygens (including phenoxy) is 1. The summed E-state index contributed by atoms with van der Waals surface area (Å²) in [6.45, 7) is 6.02. The maximum absolute atomic E-state index is 11.6. The first-order chi connectivity index (χ1) is 13.6. The maximum Gasteiger partial charge on any atom is 0.219 e. The quantitative estimate of drug-likeness (QED) is 0.816. The number of benzene rings is 1. The van der Waals surface area contributed by atoms with Gasteiger partial charge in [0.1, 0.15) is 11.6 Å². The molecule has 2 aliphatic heterocycles. The number of carbonyl (C=O) groups excluding carboxylic acids is 1. The van der Waals surface area contributed by atoms with Crippen molar-refractivity contribution >= 4 is 5.91 Å². The smallest absolute Gasteiger partial charge is 0.219 e. The second kappa shape index (κ2) is 8.27. The van der Waals surface area contributed by atoms with Crippen LogP contribution in [0.15, 0.2) is 30.5 Å². The average Bonchev–Trinajstić information content (AvgIpc) is 2.73. The van der Waals surface area contributed by atoms with E-state index in [0.29, 0.717) is 12.5 Å². The largest absolute Gasteiger partial charge is 0.497 e. The fourth-order valence-corrected chi connectivity index (χ4v) is 4.24. The number of likely N-dealkylation sites (tertiary alicyclic amines) is 1. The van der Waals surface area contributed by atoms with E-state index >= 15 is 0 Å². The molecule has 6 heteroatoms. The molecule has 0 unspecified atom stereocenters. The van der Waals surface area contributed by atoms with Gasteiger partial charge in [-0.15, -0.1) is 0 Å². The average molecular weight is 380 g/mol. The Balaban J connectivity index is 1.44. The Morgan fingerprint density at radius 2 is 2.21 bits per heavy atom. The monoisotopic (exact) mass is 380 g/mol. The summed E-state index contributed by atoms with van der Waals surface area (Å²) in [4.78, 5) is 25.6. The van der Waals surface area contributed by atoms with E-state index in [-0.39, 0.29) is 5.91 Å². The summed E-state index contributed by atoms with van der Waals surface area (Å²) in [5.74, 6) is 2.36. The number of rotatable bonds is 4. The van der Waals surface area contributed by atoms with Gasteiger partial charge in [-0.25, -0.2) is 9.97 Å². The molecule has 1 saturated heterocycles. The molecule has 0 bridgehead atoms. The third-order valence-corrected chi connectivity index (χ3v) is 5.81. The number of fused-ring (bicyclic) bond motifs is 1. The first-order valence-corrected chi connectivity index (χ1v) is 10.1. The van der Waals surface area contributed by atoms with Crippen molar-refractivity contribution in [2.75, 3.05) is 26.7 Å². The van der Waals surface area contributed by atoms with Crippen molar-refractivity contribution in [1.82, 2.24) is 19.8 Å². The standard InChI is InChI=1S/C22H28N4O2/c1-16(27)26-10-8-21-19(15-26)12-23-22(24-21)18-6-4-9-25(14-18)13-17-5-3-7-20(11-17)28-2/h3,5,7,11-12,18H,4,6,8-10,13-15H2,1-2H3/t18-/m1/s1. The van der Waals surface area contributed by atoms with Crippen LogP contribution >= 0.6 is 0 Å². The van der Waals surface area contributed by atoms with Gasteiger partial charge in [-0.3, -0.25) is 9.69 Å². The Morgan fingerprint density at radius 3 is 3.04 bits per heavy atom. The van der Waals surface area contributed by atoms with Gasteiger partial charge in [-0.05, 0) is 37.1 Å². The molecule has 1 amide bonds. The van der Waals surface area contributed by atoms with Crippen molar-refractivity contribution < 1.29 is 9.53 Å². The molecule has 2 aliphatic rings. The normalized spacial score (nSPS) is 19.9. The molecule has 148 valence electrons. The van der Waals surface area contributed by atoms with Crippen molar-refractivity contribution in [3.8, 4) is 5.75 Å². The lowest BCUT2D eigenvalue weighted by Gasteiger charge is -2.33. The van der Waals surface area contributed by atoms with Crippen LogP contribution in [0.2, 0.25) is 0 Å². The van der Waals surface area contributed by atoms with E-state index in [9.17, 15) is 4.79 Å². The second-order valence-electron chi connectivity index (χ2n) is 7.82. The van der Waals surface area contributed by atoms with E-state index in [1.807, 2.05) is 23.2 Å². The van der Waals surface area contributed by atoms with E-state index in [1.165, 1.54) is 5.56 Å². The van der Waals surface area contributed by atoms with Crippen LogP contribution in [0.5, 0.6) is 5.75 Å². The van der Waals surface area contributed by atoms with Gasteiger partial charge in [0.05, 0.1) is 12.8 Å². The first kappa shape index (κ1) is 18.9. The van der Waals surface area contributed by atoms with Gasteiger partial charge in [-0.1, -0.05) is 12.1 Å². The summed E-state index contributed by atoms with van der Waals surface area (Å²) < 4.78 is 5.35. The molecule has 0 aliphatic carbocycles. The molecule has 1 aromatic carbocycles. The van der Waals surface area contributed by atoms with E-state index in [2.05, 4.69) is 22.0 Å². The molecule has 0 N–H and O–H groups in total. The first-order valence-electron chi connectivity index (χ1n) is 10.1. The number of piperidine rings is 1. The Bertz CT molecular complexity index is 854. The second-order valence-corrected chi connectivity index (χ2v) is 7.82. The van der Waals surface area contributed by atoms with Crippen molar-refractivity contribution in [2.45, 2.75) is 45.2 Å². The van der Waals surface area contributed by atoms with E-state index < -0.39 is 0 Å². The fraction of sp³-hybridized carbons (Fsp3) is 0.500. The van der Waals surface area contributed by atoms with Crippen LogP contribution in [-0.2, 0) is 24.3 Å². The van der Waals surface area contributed by atoms with Crippen molar-refractivity contribution in [3.05, 3.63) is 53.1 Å². The van der Waals surface area contributed by atoms with Gasteiger partial charge in [0.2, 0.25) is 5.91 Å². The molecule has 2 aromatic rings. The van der Waals surface area contributed by atoms with Gasteiger partial charge < -0.3 is 9.64 Å². The lowest BCUT2D eigenvalue weighted by atomic mass is 9.96. The highest BCUT2D eigenvalue weighted by Gasteiger charge is 2.26. The van der Waals surface area contributed by atoms with Crippen molar-refractivity contribution in [2.24, 2.45) is 0 Å². The number of methoxy groups -OCH3 is 1. The number of carbonyl (C=O) groups is 1. The SMILES string of the molecule is COc1cccc(CN2CCC[C@@H](c3ncc4c(n3)CCN(C(C)=O)C4)C2)c1. The minimum absolute atomic E-state index is 0.121. The number of hydrogen-bond acceptors (Lipinski definition) is 5. The van der Waals surface area contributed by atoms with E-state index in [4.69, 9.17) is 9.72 Å². The van der Waals surface area contributed by atoms with Crippen molar-refractivity contribution in [3.63, 3.8) is 0 Å². The predicted octanol–water partition coefficient (Wildman–Crippen LogP) is 2.77. The summed E-state index contributed by atoms with van der Waals surface area (Å²) in [6, 6.07) is 8.30. The molecule has 1 fully saturated rings. The number of aromatic nitrogens is 2. The molecule has 0 spiro atoms. The van der Waals surface area contributed by atoms with E-state index in [0.717, 1.165) is 68.3 Å². The minimum Gasteiger partial charge on any atom is -0.497 e. The fourth-order valence-electron chi connectivity index (χ4n) is 4.24. The Kier molecular flexibility index (Phi) is 5.57.